The Morgan fingerprint density at radius 2 is 2.00 bits per heavy atom. The summed E-state index contributed by atoms with van der Waals surface area (Å²) in [5.41, 5.74) is 1.61. The third-order valence-corrected chi connectivity index (χ3v) is 2.98. The number of hydrogen-bond acceptors (Lipinski definition) is 3. The first-order valence-corrected chi connectivity index (χ1v) is 6.10. The number of hydrogen-bond donors (Lipinski definition) is 1. The van der Waals surface area contributed by atoms with Crippen LogP contribution in [0.5, 0.6) is 5.75 Å². The van der Waals surface area contributed by atoms with Gasteiger partial charge >= 0.3 is 0 Å². The van der Waals surface area contributed by atoms with Gasteiger partial charge in [-0.1, -0.05) is 12.1 Å². The van der Waals surface area contributed by atoms with E-state index in [-0.39, 0.29) is 0 Å². The molecule has 0 radical (unpaired) electrons. The fourth-order valence-corrected chi connectivity index (χ4v) is 1.87. The Morgan fingerprint density at radius 1 is 1.26 bits per heavy atom. The van der Waals surface area contributed by atoms with Crippen LogP contribution >= 0.6 is 0 Å². The van der Waals surface area contributed by atoms with Crippen molar-refractivity contribution in [2.75, 3.05) is 7.11 Å². The SMILES string of the molecule is COc1ccc(CCC(O)c2cncc(F)c2)cc1. The molecule has 1 aromatic carbocycles. The summed E-state index contributed by atoms with van der Waals surface area (Å²) in [4.78, 5) is 3.73. The summed E-state index contributed by atoms with van der Waals surface area (Å²) in [5.74, 6) is 0.375. The van der Waals surface area contributed by atoms with E-state index < -0.39 is 11.9 Å². The number of benzene rings is 1. The van der Waals surface area contributed by atoms with Gasteiger partial charge in [0.25, 0.3) is 0 Å². The van der Waals surface area contributed by atoms with E-state index >= 15 is 0 Å². The second-order valence-corrected chi connectivity index (χ2v) is 4.34. The zero-order chi connectivity index (χ0) is 13.7. The molecule has 1 atom stereocenters. The standard InChI is InChI=1S/C15H16FNO2/c1-19-14-5-2-11(3-6-14)4-7-15(18)12-8-13(16)10-17-9-12/h2-3,5-6,8-10,15,18H,4,7H2,1H3. The molecule has 1 aromatic heterocycles. The number of ether oxygens (including phenoxy) is 1. The van der Waals surface area contributed by atoms with Crippen molar-refractivity contribution in [3.05, 3.63) is 59.7 Å². The van der Waals surface area contributed by atoms with Crippen LogP contribution in [-0.2, 0) is 6.42 Å². The smallest absolute Gasteiger partial charge is 0.141 e. The van der Waals surface area contributed by atoms with Crippen molar-refractivity contribution in [1.82, 2.24) is 4.98 Å². The van der Waals surface area contributed by atoms with Crippen molar-refractivity contribution in [3.8, 4) is 5.75 Å². The zero-order valence-electron chi connectivity index (χ0n) is 10.7. The minimum absolute atomic E-state index is 0.430. The Kier molecular flexibility index (Phi) is 4.47. The van der Waals surface area contributed by atoms with Crippen LogP contribution in [0.4, 0.5) is 4.39 Å². The Labute approximate surface area is 111 Å². The topological polar surface area (TPSA) is 42.4 Å². The molecule has 100 valence electrons. The summed E-state index contributed by atoms with van der Waals surface area (Å²) in [5, 5.41) is 9.98. The molecule has 0 amide bonds. The molecule has 19 heavy (non-hydrogen) atoms. The van der Waals surface area contributed by atoms with Gasteiger partial charge in [-0.25, -0.2) is 4.39 Å². The molecule has 1 unspecified atom stereocenters. The fourth-order valence-electron chi connectivity index (χ4n) is 1.87. The molecule has 0 spiro atoms. The number of aliphatic hydroxyl groups excluding tert-OH is 1. The lowest BCUT2D eigenvalue weighted by atomic mass is 10.0. The summed E-state index contributed by atoms with van der Waals surface area (Å²) >= 11 is 0. The number of nitrogens with zero attached hydrogens (tertiary/aromatic N) is 1. The van der Waals surface area contributed by atoms with Crippen molar-refractivity contribution in [2.45, 2.75) is 18.9 Å². The van der Waals surface area contributed by atoms with Gasteiger partial charge in [-0.3, -0.25) is 4.98 Å². The summed E-state index contributed by atoms with van der Waals surface area (Å²) < 4.78 is 18.1. The van der Waals surface area contributed by atoms with Gasteiger partial charge in [0.15, 0.2) is 0 Å². The second-order valence-electron chi connectivity index (χ2n) is 4.34. The van der Waals surface area contributed by atoms with E-state index in [0.717, 1.165) is 17.5 Å². The first-order chi connectivity index (χ1) is 9.19. The highest BCUT2D eigenvalue weighted by Gasteiger charge is 2.09. The average Bonchev–Trinajstić information content (AvgIpc) is 2.45. The zero-order valence-corrected chi connectivity index (χ0v) is 10.7. The molecule has 3 nitrogen and oxygen atoms in total. The maximum Gasteiger partial charge on any atom is 0.141 e. The van der Waals surface area contributed by atoms with E-state index in [1.165, 1.54) is 12.3 Å². The molecule has 0 saturated heterocycles. The van der Waals surface area contributed by atoms with Gasteiger partial charge in [-0.05, 0) is 36.6 Å². The van der Waals surface area contributed by atoms with Crippen molar-refractivity contribution >= 4 is 0 Å². The van der Waals surface area contributed by atoms with E-state index in [9.17, 15) is 9.50 Å². The minimum atomic E-state index is -0.703. The molecule has 0 aliphatic heterocycles. The third-order valence-electron chi connectivity index (χ3n) is 2.98. The number of methoxy groups -OCH3 is 1. The van der Waals surface area contributed by atoms with Crippen LogP contribution in [0, 0.1) is 5.82 Å². The van der Waals surface area contributed by atoms with Crippen LogP contribution in [0.3, 0.4) is 0 Å². The first kappa shape index (κ1) is 13.5. The Morgan fingerprint density at radius 3 is 2.63 bits per heavy atom. The van der Waals surface area contributed by atoms with Crippen LogP contribution in [0.25, 0.3) is 0 Å². The molecule has 2 aromatic rings. The molecule has 4 heteroatoms. The van der Waals surface area contributed by atoms with Gasteiger partial charge in [0.2, 0.25) is 0 Å². The van der Waals surface area contributed by atoms with Crippen LogP contribution in [0.2, 0.25) is 0 Å². The Hall–Kier alpha value is -1.94. The maximum atomic E-state index is 13.0. The largest absolute Gasteiger partial charge is 0.497 e. The maximum absolute atomic E-state index is 13.0. The monoisotopic (exact) mass is 261 g/mol. The quantitative estimate of drug-likeness (QED) is 0.899. The molecule has 0 bridgehead atoms. The molecular weight excluding hydrogens is 245 g/mol. The molecule has 1 N–H and O–H groups in total. The summed E-state index contributed by atoms with van der Waals surface area (Å²) in [6.07, 6.45) is 3.14. The number of halogens is 1. The van der Waals surface area contributed by atoms with Gasteiger partial charge in [0.1, 0.15) is 11.6 Å². The van der Waals surface area contributed by atoms with Gasteiger partial charge in [-0.15, -0.1) is 0 Å². The highest BCUT2D eigenvalue weighted by molar-refractivity contribution is 5.27. The van der Waals surface area contributed by atoms with E-state index in [4.69, 9.17) is 4.74 Å². The molecule has 0 fully saturated rings. The van der Waals surface area contributed by atoms with Gasteiger partial charge in [0.05, 0.1) is 19.4 Å². The van der Waals surface area contributed by atoms with Crippen molar-refractivity contribution in [2.24, 2.45) is 0 Å². The Bertz CT molecular complexity index is 528. The predicted molar refractivity (Wildman–Crippen MR) is 70.5 cm³/mol. The predicted octanol–water partition coefficient (Wildman–Crippen LogP) is 2.90. The minimum Gasteiger partial charge on any atom is -0.497 e. The van der Waals surface area contributed by atoms with E-state index in [1.54, 1.807) is 7.11 Å². The van der Waals surface area contributed by atoms with Gasteiger partial charge < -0.3 is 9.84 Å². The van der Waals surface area contributed by atoms with E-state index in [2.05, 4.69) is 4.98 Å². The van der Waals surface area contributed by atoms with Crippen LogP contribution in [-0.4, -0.2) is 17.2 Å². The fraction of sp³-hybridized carbons (Fsp3) is 0.267. The van der Waals surface area contributed by atoms with Crippen molar-refractivity contribution < 1.29 is 14.2 Å². The lowest BCUT2D eigenvalue weighted by Crippen LogP contribution is -2.01. The molecule has 2 rings (SSSR count). The number of aromatic nitrogens is 1. The number of pyridine rings is 1. The summed E-state index contributed by atoms with van der Waals surface area (Å²) in [6.45, 7) is 0. The highest BCUT2D eigenvalue weighted by Crippen LogP contribution is 2.20. The lowest BCUT2D eigenvalue weighted by Gasteiger charge is -2.10. The molecule has 0 saturated carbocycles. The lowest BCUT2D eigenvalue weighted by molar-refractivity contribution is 0.167. The van der Waals surface area contributed by atoms with Crippen LogP contribution in [0.1, 0.15) is 23.7 Å². The van der Waals surface area contributed by atoms with Gasteiger partial charge in [-0.2, -0.15) is 0 Å². The molecule has 0 aliphatic carbocycles. The summed E-state index contributed by atoms with van der Waals surface area (Å²) in [6, 6.07) is 8.98. The number of aliphatic hydroxyl groups is 1. The van der Waals surface area contributed by atoms with E-state index in [0.29, 0.717) is 18.4 Å². The Balaban J connectivity index is 1.94. The molecular formula is C15H16FNO2. The number of aryl methyl sites for hydroxylation is 1. The second kappa shape index (κ2) is 6.29. The third kappa shape index (κ3) is 3.76. The highest BCUT2D eigenvalue weighted by atomic mass is 19.1. The van der Waals surface area contributed by atoms with Crippen molar-refractivity contribution in [1.29, 1.82) is 0 Å². The number of rotatable bonds is 5. The first-order valence-electron chi connectivity index (χ1n) is 6.10. The van der Waals surface area contributed by atoms with Crippen LogP contribution in [0.15, 0.2) is 42.7 Å². The normalized spacial score (nSPS) is 12.2. The van der Waals surface area contributed by atoms with Gasteiger partial charge in [0, 0.05) is 11.8 Å². The van der Waals surface area contributed by atoms with Crippen molar-refractivity contribution in [3.63, 3.8) is 0 Å². The summed E-state index contributed by atoms with van der Waals surface area (Å²) in [7, 11) is 1.62. The van der Waals surface area contributed by atoms with E-state index in [1.807, 2.05) is 24.3 Å². The molecule has 1 heterocycles. The van der Waals surface area contributed by atoms with Crippen LogP contribution < -0.4 is 4.74 Å². The average molecular weight is 261 g/mol. The molecule has 0 aliphatic rings.